The molecular formula is C9H7Cl2FO. The van der Waals surface area contributed by atoms with Gasteiger partial charge in [0.2, 0.25) is 0 Å². The minimum Gasteiger partial charge on any atom is -0.294 e. The number of rotatable bonds is 1. The van der Waals surface area contributed by atoms with Gasteiger partial charge in [-0.1, -0.05) is 23.2 Å². The molecule has 0 atom stereocenters. The quantitative estimate of drug-likeness (QED) is 0.522. The van der Waals surface area contributed by atoms with Crippen LogP contribution in [0.5, 0.6) is 0 Å². The van der Waals surface area contributed by atoms with Crippen molar-refractivity contribution in [3.8, 4) is 0 Å². The minimum absolute atomic E-state index is 0.0214. The van der Waals surface area contributed by atoms with Gasteiger partial charge in [0.1, 0.15) is 0 Å². The van der Waals surface area contributed by atoms with E-state index in [9.17, 15) is 9.18 Å². The number of carbonyl (C=O) groups excluding carboxylic acids is 1. The van der Waals surface area contributed by atoms with E-state index in [1.54, 1.807) is 6.92 Å². The van der Waals surface area contributed by atoms with Crippen LogP contribution in [0.1, 0.15) is 22.8 Å². The van der Waals surface area contributed by atoms with Gasteiger partial charge in [-0.25, -0.2) is 4.39 Å². The highest BCUT2D eigenvalue weighted by Crippen LogP contribution is 2.30. The zero-order valence-electron chi connectivity index (χ0n) is 7.12. The molecule has 0 saturated carbocycles. The molecule has 0 saturated heterocycles. The average Bonchev–Trinajstić information content (AvgIpc) is 2.07. The standard InChI is InChI=1S/C9H7Cl2FO/c1-4-3-6(5(2)13)9(12)8(11)7(4)10/h3H,1-2H3. The maximum atomic E-state index is 13.3. The fourth-order valence-corrected chi connectivity index (χ4v) is 1.38. The van der Waals surface area contributed by atoms with Crippen molar-refractivity contribution in [1.29, 1.82) is 0 Å². The molecule has 0 bridgehead atoms. The predicted octanol–water partition coefficient (Wildman–Crippen LogP) is 3.64. The Morgan fingerprint density at radius 1 is 1.38 bits per heavy atom. The Labute approximate surface area is 85.5 Å². The molecule has 13 heavy (non-hydrogen) atoms. The maximum Gasteiger partial charge on any atom is 0.162 e. The van der Waals surface area contributed by atoms with Gasteiger partial charge in [-0.3, -0.25) is 4.79 Å². The lowest BCUT2D eigenvalue weighted by atomic mass is 10.1. The summed E-state index contributed by atoms with van der Waals surface area (Å²) in [6.07, 6.45) is 0. The van der Waals surface area contributed by atoms with E-state index in [2.05, 4.69) is 0 Å². The van der Waals surface area contributed by atoms with Gasteiger partial charge in [-0.15, -0.1) is 0 Å². The zero-order valence-corrected chi connectivity index (χ0v) is 8.63. The highest BCUT2D eigenvalue weighted by atomic mass is 35.5. The normalized spacial score (nSPS) is 10.2. The van der Waals surface area contributed by atoms with Crippen LogP contribution in [-0.4, -0.2) is 5.78 Å². The van der Waals surface area contributed by atoms with Gasteiger partial charge >= 0.3 is 0 Å². The molecule has 0 aliphatic rings. The van der Waals surface area contributed by atoms with Gasteiger partial charge in [-0.05, 0) is 25.5 Å². The van der Waals surface area contributed by atoms with Crippen molar-refractivity contribution in [3.63, 3.8) is 0 Å². The third-order valence-electron chi connectivity index (χ3n) is 1.71. The third kappa shape index (κ3) is 1.84. The molecule has 1 rings (SSSR count). The van der Waals surface area contributed by atoms with E-state index >= 15 is 0 Å². The molecular weight excluding hydrogens is 214 g/mol. The molecule has 0 spiro atoms. The molecule has 1 aromatic rings. The number of aryl methyl sites for hydroxylation is 1. The highest BCUT2D eigenvalue weighted by molar-refractivity contribution is 6.42. The summed E-state index contributed by atoms with van der Waals surface area (Å²) >= 11 is 11.2. The Morgan fingerprint density at radius 3 is 2.38 bits per heavy atom. The van der Waals surface area contributed by atoms with Gasteiger partial charge in [0.05, 0.1) is 15.6 Å². The molecule has 0 amide bonds. The zero-order chi connectivity index (χ0) is 10.2. The summed E-state index contributed by atoms with van der Waals surface area (Å²) in [6, 6.07) is 1.39. The first-order chi connectivity index (χ1) is 5.95. The fraction of sp³-hybridized carbons (Fsp3) is 0.222. The molecule has 0 heterocycles. The van der Waals surface area contributed by atoms with Crippen LogP contribution in [0.2, 0.25) is 10.0 Å². The van der Waals surface area contributed by atoms with Crippen LogP contribution >= 0.6 is 23.2 Å². The summed E-state index contributed by atoms with van der Waals surface area (Å²) in [5, 5.41) is -0.0315. The van der Waals surface area contributed by atoms with Gasteiger partial charge < -0.3 is 0 Å². The minimum atomic E-state index is -0.746. The summed E-state index contributed by atoms with van der Waals surface area (Å²) in [4.78, 5) is 10.9. The molecule has 0 radical (unpaired) electrons. The van der Waals surface area contributed by atoms with E-state index in [1.165, 1.54) is 13.0 Å². The van der Waals surface area contributed by atoms with Crippen molar-refractivity contribution in [3.05, 3.63) is 33.1 Å². The van der Waals surface area contributed by atoms with Gasteiger partial charge in [0.25, 0.3) is 0 Å². The fourth-order valence-electron chi connectivity index (χ4n) is 0.987. The number of hydrogen-bond acceptors (Lipinski definition) is 1. The first kappa shape index (κ1) is 10.5. The lowest BCUT2D eigenvalue weighted by Gasteiger charge is -2.05. The van der Waals surface area contributed by atoms with E-state index in [0.29, 0.717) is 5.56 Å². The molecule has 0 aliphatic heterocycles. The Kier molecular flexibility index (Phi) is 2.94. The Balaban J connectivity index is 3.50. The summed E-state index contributed by atoms with van der Waals surface area (Å²) in [6.45, 7) is 2.95. The molecule has 0 unspecified atom stereocenters. The Hall–Kier alpha value is -0.600. The topological polar surface area (TPSA) is 17.1 Å². The summed E-state index contributed by atoms with van der Waals surface area (Å²) < 4.78 is 13.3. The van der Waals surface area contributed by atoms with Crippen LogP contribution in [0.25, 0.3) is 0 Å². The molecule has 0 N–H and O–H groups in total. The summed E-state index contributed by atoms with van der Waals surface area (Å²) in [5.41, 5.74) is 0.574. The van der Waals surface area contributed by atoms with Crippen molar-refractivity contribution >= 4 is 29.0 Å². The van der Waals surface area contributed by atoms with Crippen molar-refractivity contribution in [2.45, 2.75) is 13.8 Å². The van der Waals surface area contributed by atoms with Crippen LogP contribution in [-0.2, 0) is 0 Å². The first-order valence-electron chi connectivity index (χ1n) is 3.60. The summed E-state index contributed by atoms with van der Waals surface area (Å²) in [5.74, 6) is -1.11. The number of Topliss-reactive ketones (excluding diaryl/α,β-unsaturated/α-hetero) is 1. The number of halogens is 3. The maximum absolute atomic E-state index is 13.3. The third-order valence-corrected chi connectivity index (χ3v) is 2.65. The number of benzene rings is 1. The van der Waals surface area contributed by atoms with Crippen LogP contribution in [0.3, 0.4) is 0 Å². The highest BCUT2D eigenvalue weighted by Gasteiger charge is 2.15. The van der Waals surface area contributed by atoms with Gasteiger partial charge in [-0.2, -0.15) is 0 Å². The van der Waals surface area contributed by atoms with E-state index in [-0.39, 0.29) is 21.4 Å². The van der Waals surface area contributed by atoms with Crippen molar-refractivity contribution < 1.29 is 9.18 Å². The van der Waals surface area contributed by atoms with Gasteiger partial charge in [0, 0.05) is 0 Å². The van der Waals surface area contributed by atoms with Crippen molar-refractivity contribution in [2.24, 2.45) is 0 Å². The average molecular weight is 221 g/mol. The lowest BCUT2D eigenvalue weighted by molar-refractivity contribution is 0.101. The van der Waals surface area contributed by atoms with Crippen LogP contribution in [0.15, 0.2) is 6.07 Å². The van der Waals surface area contributed by atoms with E-state index in [0.717, 1.165) is 0 Å². The second-order valence-electron chi connectivity index (χ2n) is 2.74. The van der Waals surface area contributed by atoms with Crippen molar-refractivity contribution in [2.75, 3.05) is 0 Å². The summed E-state index contributed by atoms with van der Waals surface area (Å²) in [7, 11) is 0. The largest absolute Gasteiger partial charge is 0.294 e. The number of hydrogen-bond donors (Lipinski definition) is 0. The van der Waals surface area contributed by atoms with E-state index < -0.39 is 5.82 Å². The molecule has 1 aromatic carbocycles. The number of carbonyl (C=O) groups is 1. The Morgan fingerprint density at radius 2 is 1.92 bits per heavy atom. The molecule has 1 nitrogen and oxygen atoms in total. The molecule has 0 aliphatic carbocycles. The molecule has 0 aromatic heterocycles. The van der Waals surface area contributed by atoms with Crippen LogP contribution in [0, 0.1) is 12.7 Å². The first-order valence-corrected chi connectivity index (χ1v) is 4.35. The van der Waals surface area contributed by atoms with E-state index in [4.69, 9.17) is 23.2 Å². The van der Waals surface area contributed by atoms with Crippen LogP contribution < -0.4 is 0 Å². The van der Waals surface area contributed by atoms with E-state index in [1.807, 2.05) is 0 Å². The monoisotopic (exact) mass is 220 g/mol. The second kappa shape index (κ2) is 3.64. The lowest BCUT2D eigenvalue weighted by Crippen LogP contribution is -1.99. The molecule has 4 heteroatoms. The molecule has 0 fully saturated rings. The SMILES string of the molecule is CC(=O)c1cc(C)c(Cl)c(Cl)c1F. The van der Waals surface area contributed by atoms with Crippen LogP contribution in [0.4, 0.5) is 4.39 Å². The van der Waals surface area contributed by atoms with Crippen molar-refractivity contribution in [1.82, 2.24) is 0 Å². The predicted molar refractivity (Wildman–Crippen MR) is 51.2 cm³/mol. The number of ketones is 1. The van der Waals surface area contributed by atoms with Gasteiger partial charge in [0.15, 0.2) is 11.6 Å². The second-order valence-corrected chi connectivity index (χ2v) is 3.50. The Bertz CT molecular complexity index is 374. The smallest absolute Gasteiger partial charge is 0.162 e. The molecule has 70 valence electrons.